The van der Waals surface area contributed by atoms with E-state index in [0.29, 0.717) is 5.92 Å². The average molecular weight is 257 g/mol. The van der Waals surface area contributed by atoms with Gasteiger partial charge >= 0.3 is 6.09 Å². The number of amides is 1. The summed E-state index contributed by atoms with van der Waals surface area (Å²) in [6, 6.07) is 0. The van der Waals surface area contributed by atoms with Crippen LogP contribution in [0.15, 0.2) is 0 Å². The van der Waals surface area contributed by atoms with E-state index in [2.05, 4.69) is 0 Å². The number of hydrogen-bond donors (Lipinski definition) is 0. The van der Waals surface area contributed by atoms with Crippen LogP contribution in [0.1, 0.15) is 33.6 Å². The minimum atomic E-state index is -0.399. The van der Waals surface area contributed by atoms with Crippen molar-refractivity contribution >= 4 is 22.4 Å². The van der Waals surface area contributed by atoms with Gasteiger partial charge in [0.2, 0.25) is 0 Å². The second kappa shape index (κ2) is 6.63. The van der Waals surface area contributed by atoms with Gasteiger partial charge in [-0.2, -0.15) is 0 Å². The predicted molar refractivity (Wildman–Crippen MR) is 69.9 cm³/mol. The molecule has 0 N–H and O–H groups in total. The van der Waals surface area contributed by atoms with Crippen molar-refractivity contribution in [1.29, 1.82) is 0 Å². The van der Waals surface area contributed by atoms with Gasteiger partial charge in [-0.05, 0) is 45.0 Å². The van der Waals surface area contributed by atoms with Crippen LogP contribution in [0, 0.1) is 5.92 Å². The average Bonchev–Trinajstić information content (AvgIpc) is 2.24. The minimum absolute atomic E-state index is 0.181. The predicted octanol–water partition coefficient (Wildman–Crippen LogP) is 1.24. The Morgan fingerprint density at radius 2 is 1.94 bits per heavy atom. The fourth-order valence-electron chi connectivity index (χ4n) is 1.89. The highest BCUT2D eigenvalue weighted by Gasteiger charge is 2.26. The Bertz CT molecular complexity index is 245. The Kier molecular flexibility index (Phi) is 5.78. The van der Waals surface area contributed by atoms with Gasteiger partial charge < -0.3 is 14.4 Å². The molecule has 0 aromatic heterocycles. The molecule has 1 fully saturated rings. The van der Waals surface area contributed by atoms with E-state index < -0.39 is 5.60 Å². The van der Waals surface area contributed by atoms with Gasteiger partial charge in [-0.3, -0.25) is 0 Å². The van der Waals surface area contributed by atoms with Crippen molar-refractivity contribution in [2.75, 3.05) is 25.2 Å². The summed E-state index contributed by atoms with van der Waals surface area (Å²) < 4.78 is 10.8. The van der Waals surface area contributed by atoms with E-state index in [9.17, 15) is 4.79 Å². The van der Waals surface area contributed by atoms with Crippen molar-refractivity contribution in [3.8, 4) is 0 Å². The summed E-state index contributed by atoms with van der Waals surface area (Å²) in [4.78, 5) is 13.6. The summed E-state index contributed by atoms with van der Waals surface area (Å²) in [6.07, 6.45) is 1.88. The molecule has 1 aliphatic heterocycles. The Morgan fingerprint density at radius 1 is 1.35 bits per heavy atom. The highest BCUT2D eigenvalue weighted by atomic mass is 27.0. The molecule has 0 saturated carbocycles. The molecule has 0 spiro atoms. The lowest BCUT2D eigenvalue weighted by Gasteiger charge is -2.33. The number of rotatable bonds is 3. The van der Waals surface area contributed by atoms with E-state index in [4.69, 9.17) is 9.47 Å². The first-order valence-electron chi connectivity index (χ1n) is 6.48. The molecule has 1 aliphatic rings. The number of nitrogens with zero attached hydrogens (tertiary/aromatic N) is 1. The molecule has 1 heterocycles. The molecule has 5 heteroatoms. The summed E-state index contributed by atoms with van der Waals surface area (Å²) >= 11 is 1.10. The number of likely N-dealkylation sites (tertiary alicyclic amines) is 1. The van der Waals surface area contributed by atoms with Gasteiger partial charge in [0.25, 0.3) is 16.3 Å². The molecule has 1 saturated heterocycles. The van der Waals surface area contributed by atoms with Crippen LogP contribution in [0.4, 0.5) is 4.79 Å². The zero-order valence-electron chi connectivity index (χ0n) is 11.5. The van der Waals surface area contributed by atoms with Gasteiger partial charge in [-0.1, -0.05) is 0 Å². The van der Waals surface area contributed by atoms with Crippen molar-refractivity contribution in [1.82, 2.24) is 4.90 Å². The lowest BCUT2D eigenvalue weighted by molar-refractivity contribution is 0.0137. The molecule has 0 aliphatic carbocycles. The third-order valence-corrected chi connectivity index (χ3v) is 3.23. The van der Waals surface area contributed by atoms with Crippen LogP contribution >= 0.6 is 0 Å². The summed E-state index contributed by atoms with van der Waals surface area (Å²) in [5, 5.41) is 0. The van der Waals surface area contributed by atoms with Crippen LogP contribution in [0.5, 0.6) is 0 Å². The van der Waals surface area contributed by atoms with Gasteiger partial charge in [0.05, 0.1) is 0 Å². The van der Waals surface area contributed by atoms with Crippen molar-refractivity contribution in [3.63, 3.8) is 0 Å². The maximum atomic E-state index is 11.8. The van der Waals surface area contributed by atoms with Crippen molar-refractivity contribution < 1.29 is 14.3 Å². The number of hydrogen-bond acceptors (Lipinski definition) is 3. The fraction of sp³-hybridized carbons (Fsp3) is 0.917. The molecule has 1 amide bonds. The lowest BCUT2D eigenvalue weighted by atomic mass is 9.98. The monoisotopic (exact) mass is 257 g/mol. The SMILES string of the molecule is CC(C)(C)OC(=O)N1CCC(CO[CH2][AlH2])CC1. The van der Waals surface area contributed by atoms with Crippen LogP contribution < -0.4 is 0 Å². The van der Waals surface area contributed by atoms with E-state index in [0.717, 1.165) is 54.3 Å². The second-order valence-electron chi connectivity index (χ2n) is 5.57. The molecule has 4 nitrogen and oxygen atoms in total. The topological polar surface area (TPSA) is 38.8 Å². The van der Waals surface area contributed by atoms with Crippen LogP contribution in [-0.4, -0.2) is 58.0 Å². The zero-order valence-corrected chi connectivity index (χ0v) is 13.5. The summed E-state index contributed by atoms with van der Waals surface area (Å²) in [5.41, 5.74) is 0.510. The first-order chi connectivity index (χ1) is 7.92. The van der Waals surface area contributed by atoms with Crippen LogP contribution in [-0.2, 0) is 9.47 Å². The first kappa shape index (κ1) is 14.8. The molecular weight excluding hydrogens is 233 g/mol. The summed E-state index contributed by atoms with van der Waals surface area (Å²) in [6.45, 7) is 8.14. The maximum absolute atomic E-state index is 11.8. The molecule has 0 radical (unpaired) electrons. The quantitative estimate of drug-likeness (QED) is 0.714. The zero-order chi connectivity index (χ0) is 12.9. The van der Waals surface area contributed by atoms with E-state index in [-0.39, 0.29) is 6.09 Å². The molecule has 17 heavy (non-hydrogen) atoms. The molecule has 0 atom stereocenters. The van der Waals surface area contributed by atoms with Gasteiger partial charge in [0.15, 0.2) is 0 Å². The van der Waals surface area contributed by atoms with Gasteiger partial charge in [-0.15, -0.1) is 0 Å². The molecule has 98 valence electrons. The van der Waals surface area contributed by atoms with E-state index in [1.807, 2.05) is 25.7 Å². The van der Waals surface area contributed by atoms with Gasteiger partial charge in [-0.25, -0.2) is 4.79 Å². The second-order valence-corrected chi connectivity index (χ2v) is 6.15. The van der Waals surface area contributed by atoms with E-state index in [1.54, 1.807) is 0 Å². The molecule has 0 aromatic carbocycles. The minimum Gasteiger partial charge on any atom is -0.444 e. The van der Waals surface area contributed by atoms with E-state index in [1.165, 1.54) is 0 Å². The lowest BCUT2D eigenvalue weighted by Crippen LogP contribution is -2.42. The summed E-state index contributed by atoms with van der Waals surface area (Å²) in [7, 11) is 0. The number of ether oxygens (including phenoxy) is 2. The highest BCUT2D eigenvalue weighted by molar-refractivity contribution is 6.08. The van der Waals surface area contributed by atoms with Crippen LogP contribution in [0.2, 0.25) is 0 Å². The third kappa shape index (κ3) is 5.76. The first-order valence-corrected chi connectivity index (χ1v) is 7.89. The Balaban J connectivity index is 2.29. The van der Waals surface area contributed by atoms with Crippen molar-refractivity contribution in [2.24, 2.45) is 5.92 Å². The number of carbonyl (C=O) groups is 1. The largest absolute Gasteiger partial charge is 0.444 e. The maximum Gasteiger partial charge on any atom is 0.410 e. The smallest absolute Gasteiger partial charge is 0.410 e. The Labute approximate surface area is 112 Å². The number of carbonyl (C=O) groups excluding carboxylic acids is 1. The van der Waals surface area contributed by atoms with E-state index >= 15 is 0 Å². The van der Waals surface area contributed by atoms with Crippen LogP contribution in [0.25, 0.3) is 0 Å². The van der Waals surface area contributed by atoms with Crippen molar-refractivity contribution in [2.45, 2.75) is 39.2 Å². The molecule has 0 bridgehead atoms. The number of piperidine rings is 1. The molecular formula is C12H24AlNO3. The van der Waals surface area contributed by atoms with Crippen molar-refractivity contribution in [3.05, 3.63) is 0 Å². The third-order valence-electron chi connectivity index (χ3n) is 2.82. The fourth-order valence-corrected chi connectivity index (χ4v) is 2.13. The van der Waals surface area contributed by atoms with Crippen LogP contribution in [0.3, 0.4) is 0 Å². The Hall–Kier alpha value is -0.238. The standard InChI is InChI=1S/C12H22NO3.Al.2H/c1-12(2,3)16-11(14)13-7-5-10(6-8-13)9-15-4;;;/h10H,4-9H2,1-3H3;;;. The summed E-state index contributed by atoms with van der Waals surface area (Å²) in [5.74, 6) is 0.614. The molecule has 0 unspecified atom stereocenters. The molecule has 1 rings (SSSR count). The highest BCUT2D eigenvalue weighted by Crippen LogP contribution is 2.19. The Morgan fingerprint density at radius 3 is 2.41 bits per heavy atom. The molecule has 0 aromatic rings. The van der Waals surface area contributed by atoms with Gasteiger partial charge in [0.1, 0.15) is 5.60 Å². The van der Waals surface area contributed by atoms with Gasteiger partial charge in [0, 0.05) is 19.7 Å². The normalized spacial score (nSPS) is 18.2.